The van der Waals surface area contributed by atoms with E-state index in [4.69, 9.17) is 4.74 Å². The van der Waals surface area contributed by atoms with E-state index in [2.05, 4.69) is 41.4 Å². The van der Waals surface area contributed by atoms with E-state index in [1.807, 2.05) is 41.5 Å². The number of ether oxygens (including phenoxy) is 1. The summed E-state index contributed by atoms with van der Waals surface area (Å²) < 4.78 is 6.28. The van der Waals surface area contributed by atoms with E-state index in [1.165, 1.54) is 57.2 Å². The van der Waals surface area contributed by atoms with Gasteiger partial charge in [-0.1, -0.05) is 71.4 Å². The molecule has 3 fully saturated rings. The maximum Gasteiger partial charge on any atom is 0.0608 e. The summed E-state index contributed by atoms with van der Waals surface area (Å²) in [5.74, 6) is 0.767. The lowest BCUT2D eigenvalue weighted by atomic mass is 9.83. The van der Waals surface area contributed by atoms with Crippen molar-refractivity contribution in [1.82, 2.24) is 10.2 Å². The molecule has 1 aliphatic carbocycles. The minimum absolute atomic E-state index is 0.518. The fourth-order valence-corrected chi connectivity index (χ4v) is 4.59. The Bertz CT molecular complexity index is 510. The van der Waals surface area contributed by atoms with Crippen LogP contribution in [0.1, 0.15) is 97.1 Å². The molecule has 0 unspecified atom stereocenters. The van der Waals surface area contributed by atoms with Crippen LogP contribution in [0.3, 0.4) is 0 Å². The SMILES string of the molecule is CC.CC.CC.Cc1ccc(C2CCN(C3CC(OC4CCNCC4)C3)CC2)cc1. The summed E-state index contributed by atoms with van der Waals surface area (Å²) >= 11 is 0. The van der Waals surface area contributed by atoms with Gasteiger partial charge in [0.2, 0.25) is 0 Å². The molecule has 1 saturated carbocycles. The molecule has 2 saturated heterocycles. The van der Waals surface area contributed by atoms with Gasteiger partial charge in [0, 0.05) is 6.04 Å². The molecular formula is C27H50N2O. The number of hydrogen-bond acceptors (Lipinski definition) is 3. The summed E-state index contributed by atoms with van der Waals surface area (Å²) in [6, 6.07) is 9.98. The summed E-state index contributed by atoms with van der Waals surface area (Å²) in [6.45, 7) is 19.0. The normalized spacial score (nSPS) is 24.8. The molecule has 174 valence electrons. The lowest BCUT2D eigenvalue weighted by Gasteiger charge is -2.46. The molecule has 1 aromatic rings. The van der Waals surface area contributed by atoms with Crippen molar-refractivity contribution >= 4 is 0 Å². The van der Waals surface area contributed by atoms with Crippen LogP contribution in [0, 0.1) is 6.92 Å². The van der Waals surface area contributed by atoms with Crippen LogP contribution in [0.5, 0.6) is 0 Å². The molecular weight excluding hydrogens is 368 g/mol. The Morgan fingerprint density at radius 3 is 1.83 bits per heavy atom. The number of benzene rings is 1. The Kier molecular flexibility index (Phi) is 14.3. The van der Waals surface area contributed by atoms with Gasteiger partial charge in [0.1, 0.15) is 0 Å². The standard InChI is InChI=1S/C21H32N2O.3C2H6/c1-16-2-4-17(5-3-16)18-8-12-23(13-9-18)19-14-21(15-19)24-20-6-10-22-11-7-20;3*1-2/h2-5,18-22H,6-15H2,1H3;3*1-2H3. The first kappa shape index (κ1) is 27.1. The number of hydrogen-bond donors (Lipinski definition) is 1. The van der Waals surface area contributed by atoms with Crippen molar-refractivity contribution in [2.75, 3.05) is 26.2 Å². The van der Waals surface area contributed by atoms with Crippen LogP contribution in [0.2, 0.25) is 0 Å². The second-order valence-electron chi connectivity index (χ2n) is 8.05. The molecule has 30 heavy (non-hydrogen) atoms. The summed E-state index contributed by atoms with van der Waals surface area (Å²) in [5, 5.41) is 3.42. The minimum Gasteiger partial charge on any atom is -0.375 e. The fourth-order valence-electron chi connectivity index (χ4n) is 4.59. The smallest absolute Gasteiger partial charge is 0.0608 e. The average Bonchev–Trinajstić information content (AvgIpc) is 2.81. The molecule has 3 aliphatic rings. The van der Waals surface area contributed by atoms with Gasteiger partial charge in [0.15, 0.2) is 0 Å². The lowest BCUT2D eigenvalue weighted by Crippen LogP contribution is -2.51. The Hall–Kier alpha value is -0.900. The number of nitrogens with one attached hydrogen (secondary N) is 1. The van der Waals surface area contributed by atoms with Crippen LogP contribution < -0.4 is 5.32 Å². The summed E-state index contributed by atoms with van der Waals surface area (Å²) in [4.78, 5) is 2.73. The zero-order valence-corrected chi connectivity index (χ0v) is 21.0. The van der Waals surface area contributed by atoms with E-state index in [9.17, 15) is 0 Å². The predicted molar refractivity (Wildman–Crippen MR) is 133 cm³/mol. The molecule has 2 heterocycles. The third kappa shape index (κ3) is 8.32. The Morgan fingerprint density at radius 2 is 1.30 bits per heavy atom. The zero-order valence-electron chi connectivity index (χ0n) is 21.0. The van der Waals surface area contributed by atoms with Crippen molar-refractivity contribution in [3.8, 4) is 0 Å². The number of aryl methyl sites for hydroxylation is 1. The monoisotopic (exact) mass is 418 g/mol. The minimum atomic E-state index is 0.518. The van der Waals surface area contributed by atoms with Crippen molar-refractivity contribution in [2.45, 2.75) is 111 Å². The molecule has 0 bridgehead atoms. The van der Waals surface area contributed by atoms with E-state index in [0.717, 1.165) is 25.0 Å². The van der Waals surface area contributed by atoms with Crippen molar-refractivity contribution in [2.24, 2.45) is 0 Å². The Labute approximate surface area is 188 Å². The molecule has 3 nitrogen and oxygen atoms in total. The second kappa shape index (κ2) is 15.8. The Morgan fingerprint density at radius 1 is 0.767 bits per heavy atom. The number of nitrogens with zero attached hydrogens (tertiary/aromatic N) is 1. The molecule has 0 radical (unpaired) electrons. The molecule has 3 heteroatoms. The maximum atomic E-state index is 6.28. The summed E-state index contributed by atoms with van der Waals surface area (Å²) in [7, 11) is 0. The second-order valence-corrected chi connectivity index (χ2v) is 8.05. The maximum absolute atomic E-state index is 6.28. The van der Waals surface area contributed by atoms with Crippen molar-refractivity contribution in [1.29, 1.82) is 0 Å². The molecule has 0 spiro atoms. The predicted octanol–water partition coefficient (Wildman–Crippen LogP) is 6.55. The van der Waals surface area contributed by atoms with E-state index >= 15 is 0 Å². The number of likely N-dealkylation sites (tertiary alicyclic amines) is 1. The van der Waals surface area contributed by atoms with Crippen LogP contribution in [-0.2, 0) is 4.74 Å². The third-order valence-corrected chi connectivity index (χ3v) is 6.34. The topological polar surface area (TPSA) is 24.5 Å². The van der Waals surface area contributed by atoms with Crippen molar-refractivity contribution in [3.63, 3.8) is 0 Å². The first-order valence-corrected chi connectivity index (χ1v) is 12.9. The third-order valence-electron chi connectivity index (χ3n) is 6.34. The zero-order chi connectivity index (χ0) is 22.4. The van der Waals surface area contributed by atoms with Gasteiger partial charge in [-0.3, -0.25) is 0 Å². The van der Waals surface area contributed by atoms with E-state index in [0.29, 0.717) is 12.2 Å². The summed E-state index contributed by atoms with van der Waals surface area (Å²) in [5.41, 5.74) is 2.91. The molecule has 1 N–H and O–H groups in total. The van der Waals surface area contributed by atoms with Gasteiger partial charge in [-0.05, 0) is 83.1 Å². The van der Waals surface area contributed by atoms with E-state index in [1.54, 1.807) is 5.56 Å². The molecule has 2 aliphatic heterocycles. The first-order chi connectivity index (χ1) is 14.8. The van der Waals surface area contributed by atoms with Gasteiger partial charge in [-0.15, -0.1) is 0 Å². The Balaban J connectivity index is 0.000000691. The van der Waals surface area contributed by atoms with Crippen LogP contribution in [-0.4, -0.2) is 49.3 Å². The van der Waals surface area contributed by atoms with Crippen molar-refractivity contribution in [3.05, 3.63) is 35.4 Å². The van der Waals surface area contributed by atoms with Crippen LogP contribution >= 0.6 is 0 Å². The van der Waals surface area contributed by atoms with Gasteiger partial charge in [0.25, 0.3) is 0 Å². The highest BCUT2D eigenvalue weighted by atomic mass is 16.5. The van der Waals surface area contributed by atoms with Gasteiger partial charge >= 0.3 is 0 Å². The van der Waals surface area contributed by atoms with Gasteiger partial charge in [0.05, 0.1) is 12.2 Å². The van der Waals surface area contributed by atoms with Gasteiger partial charge in [-0.25, -0.2) is 0 Å². The van der Waals surface area contributed by atoms with Crippen LogP contribution in [0.25, 0.3) is 0 Å². The molecule has 0 amide bonds. The van der Waals surface area contributed by atoms with Crippen LogP contribution in [0.4, 0.5) is 0 Å². The fraction of sp³-hybridized carbons (Fsp3) is 0.778. The summed E-state index contributed by atoms with van der Waals surface area (Å²) in [6.07, 6.45) is 8.61. The van der Waals surface area contributed by atoms with E-state index in [-0.39, 0.29) is 0 Å². The molecule has 4 rings (SSSR count). The quantitative estimate of drug-likeness (QED) is 0.600. The van der Waals surface area contributed by atoms with Crippen LogP contribution in [0.15, 0.2) is 24.3 Å². The first-order valence-electron chi connectivity index (χ1n) is 12.9. The van der Waals surface area contributed by atoms with Gasteiger partial charge < -0.3 is 15.0 Å². The molecule has 0 atom stereocenters. The number of piperidine rings is 2. The highest BCUT2D eigenvalue weighted by Gasteiger charge is 2.37. The lowest BCUT2D eigenvalue weighted by molar-refractivity contribution is -0.0981. The average molecular weight is 419 g/mol. The molecule has 1 aromatic carbocycles. The van der Waals surface area contributed by atoms with Gasteiger partial charge in [-0.2, -0.15) is 0 Å². The van der Waals surface area contributed by atoms with E-state index < -0.39 is 0 Å². The number of rotatable bonds is 4. The molecule has 0 aromatic heterocycles. The van der Waals surface area contributed by atoms with Crippen molar-refractivity contribution < 1.29 is 4.74 Å². The highest BCUT2D eigenvalue weighted by molar-refractivity contribution is 5.25. The highest BCUT2D eigenvalue weighted by Crippen LogP contribution is 2.35. The largest absolute Gasteiger partial charge is 0.375 e.